The Morgan fingerprint density at radius 2 is 1.81 bits per heavy atom. The highest BCUT2D eigenvalue weighted by molar-refractivity contribution is 6.30. The maximum absolute atomic E-state index is 13.0. The summed E-state index contributed by atoms with van der Waals surface area (Å²) in [6.45, 7) is 6.80. The Morgan fingerprint density at radius 3 is 2.44 bits per heavy atom. The molecule has 0 aliphatic heterocycles. The summed E-state index contributed by atoms with van der Waals surface area (Å²) in [7, 11) is 0. The van der Waals surface area contributed by atoms with Crippen LogP contribution in [-0.4, -0.2) is 29.3 Å². The average Bonchev–Trinajstić information content (AvgIpc) is 2.65. The predicted octanol–water partition coefficient (Wildman–Crippen LogP) is 4.13. The van der Waals surface area contributed by atoms with Crippen LogP contribution in [0.5, 0.6) is 0 Å². The lowest BCUT2D eigenvalue weighted by atomic mass is 10.1. The molecule has 0 heterocycles. The molecule has 144 valence electrons. The number of hydrogen-bond donors (Lipinski definition) is 1. The highest BCUT2D eigenvalue weighted by Crippen LogP contribution is 2.15. The summed E-state index contributed by atoms with van der Waals surface area (Å²) in [6, 6.07) is 14.7. The molecule has 27 heavy (non-hydrogen) atoms. The molecule has 0 aliphatic carbocycles. The van der Waals surface area contributed by atoms with E-state index in [1.165, 1.54) is 0 Å². The van der Waals surface area contributed by atoms with Crippen molar-refractivity contribution in [1.82, 2.24) is 10.2 Å². The van der Waals surface area contributed by atoms with Crippen LogP contribution in [0, 0.1) is 6.92 Å². The first-order chi connectivity index (χ1) is 12.9. The Balaban J connectivity index is 2.20. The molecular weight excluding hydrogens is 360 g/mol. The Morgan fingerprint density at radius 1 is 1.11 bits per heavy atom. The summed E-state index contributed by atoms with van der Waals surface area (Å²) in [5.74, 6) is -0.216. The van der Waals surface area contributed by atoms with Gasteiger partial charge in [-0.3, -0.25) is 9.59 Å². The summed E-state index contributed by atoms with van der Waals surface area (Å²) in [5, 5.41) is 3.52. The third-order valence-corrected chi connectivity index (χ3v) is 4.67. The Bertz CT molecular complexity index is 774. The summed E-state index contributed by atoms with van der Waals surface area (Å²) in [6.07, 6.45) is 1.09. The maximum Gasteiger partial charge on any atom is 0.242 e. The van der Waals surface area contributed by atoms with Gasteiger partial charge in [0.15, 0.2) is 0 Å². The molecule has 2 rings (SSSR count). The summed E-state index contributed by atoms with van der Waals surface area (Å²) >= 11 is 5.93. The molecule has 0 spiro atoms. The number of carbonyl (C=O) groups excluding carboxylic acids is 2. The minimum absolute atomic E-state index is 0.0852. The van der Waals surface area contributed by atoms with Crippen LogP contribution in [0.15, 0.2) is 48.5 Å². The Hall–Kier alpha value is -2.33. The lowest BCUT2D eigenvalue weighted by molar-refractivity contribution is -0.140. The van der Waals surface area contributed by atoms with E-state index in [1.54, 1.807) is 24.0 Å². The van der Waals surface area contributed by atoms with Gasteiger partial charge in [-0.1, -0.05) is 60.5 Å². The van der Waals surface area contributed by atoms with Crippen molar-refractivity contribution in [3.63, 3.8) is 0 Å². The van der Waals surface area contributed by atoms with Crippen LogP contribution in [0.3, 0.4) is 0 Å². The minimum atomic E-state index is -0.545. The fourth-order valence-corrected chi connectivity index (χ4v) is 2.99. The normalized spacial score (nSPS) is 11.7. The van der Waals surface area contributed by atoms with E-state index in [4.69, 9.17) is 11.6 Å². The second-order valence-corrected chi connectivity index (χ2v) is 7.22. The van der Waals surface area contributed by atoms with Crippen LogP contribution >= 0.6 is 11.6 Å². The third kappa shape index (κ3) is 6.40. The number of hydrogen-bond acceptors (Lipinski definition) is 2. The highest BCUT2D eigenvalue weighted by Gasteiger charge is 2.26. The van der Waals surface area contributed by atoms with Crippen molar-refractivity contribution in [3.8, 4) is 0 Å². The fourth-order valence-electron chi connectivity index (χ4n) is 2.86. The minimum Gasteiger partial charge on any atom is -0.354 e. The summed E-state index contributed by atoms with van der Waals surface area (Å²) < 4.78 is 0. The van der Waals surface area contributed by atoms with Crippen LogP contribution in [-0.2, 0) is 22.6 Å². The van der Waals surface area contributed by atoms with E-state index in [-0.39, 0.29) is 18.2 Å². The summed E-state index contributed by atoms with van der Waals surface area (Å²) in [4.78, 5) is 27.1. The molecule has 0 saturated carbocycles. The zero-order valence-electron chi connectivity index (χ0n) is 16.2. The van der Waals surface area contributed by atoms with E-state index in [1.807, 2.05) is 50.2 Å². The quantitative estimate of drug-likeness (QED) is 0.741. The Kier molecular flexibility index (Phi) is 7.86. The lowest BCUT2D eigenvalue weighted by Crippen LogP contribution is -2.48. The molecule has 5 heteroatoms. The second-order valence-electron chi connectivity index (χ2n) is 6.78. The van der Waals surface area contributed by atoms with Gasteiger partial charge >= 0.3 is 0 Å². The zero-order chi connectivity index (χ0) is 19.8. The number of aryl methyl sites for hydroxylation is 1. The first kappa shape index (κ1) is 21.0. The molecule has 0 aliphatic rings. The Labute approximate surface area is 166 Å². The molecule has 0 saturated heterocycles. The topological polar surface area (TPSA) is 49.4 Å². The van der Waals surface area contributed by atoms with E-state index in [2.05, 4.69) is 5.32 Å². The van der Waals surface area contributed by atoms with Gasteiger partial charge in [-0.25, -0.2) is 0 Å². The van der Waals surface area contributed by atoms with E-state index in [0.29, 0.717) is 18.1 Å². The van der Waals surface area contributed by atoms with Crippen LogP contribution in [0.2, 0.25) is 5.02 Å². The van der Waals surface area contributed by atoms with Gasteiger partial charge in [-0.05, 0) is 43.5 Å². The van der Waals surface area contributed by atoms with Crippen LogP contribution in [0.1, 0.15) is 37.0 Å². The average molecular weight is 387 g/mol. The molecule has 0 radical (unpaired) electrons. The van der Waals surface area contributed by atoms with Crippen molar-refractivity contribution >= 4 is 23.4 Å². The molecule has 1 unspecified atom stereocenters. The van der Waals surface area contributed by atoms with Gasteiger partial charge in [0.1, 0.15) is 6.04 Å². The number of amides is 2. The molecule has 2 aromatic rings. The highest BCUT2D eigenvalue weighted by atomic mass is 35.5. The maximum atomic E-state index is 13.0. The van der Waals surface area contributed by atoms with E-state index >= 15 is 0 Å². The molecule has 4 nitrogen and oxygen atoms in total. The monoisotopic (exact) mass is 386 g/mol. The molecule has 1 atom stereocenters. The second kappa shape index (κ2) is 10.1. The number of benzene rings is 2. The number of halogens is 1. The SMILES string of the molecule is CCCNC(=O)C(C)N(Cc1cccc(C)c1)C(=O)Cc1ccc(Cl)cc1. The van der Waals surface area contributed by atoms with E-state index in [9.17, 15) is 9.59 Å². The first-order valence-electron chi connectivity index (χ1n) is 9.28. The van der Waals surface area contributed by atoms with Gasteiger partial charge in [0.25, 0.3) is 0 Å². The molecule has 2 amide bonds. The van der Waals surface area contributed by atoms with Crippen molar-refractivity contribution in [1.29, 1.82) is 0 Å². The largest absolute Gasteiger partial charge is 0.354 e. The molecular formula is C22H27ClN2O2. The molecule has 1 N–H and O–H groups in total. The van der Waals surface area contributed by atoms with Crippen molar-refractivity contribution < 1.29 is 9.59 Å². The van der Waals surface area contributed by atoms with Crippen molar-refractivity contribution in [2.45, 2.75) is 46.2 Å². The number of carbonyl (C=O) groups is 2. The summed E-state index contributed by atoms with van der Waals surface area (Å²) in [5.41, 5.74) is 3.01. The van der Waals surface area contributed by atoms with Crippen LogP contribution in [0.25, 0.3) is 0 Å². The fraction of sp³-hybridized carbons (Fsp3) is 0.364. The van der Waals surface area contributed by atoms with Gasteiger partial charge in [-0.15, -0.1) is 0 Å². The lowest BCUT2D eigenvalue weighted by Gasteiger charge is -2.29. The first-order valence-corrected chi connectivity index (χ1v) is 9.65. The van der Waals surface area contributed by atoms with E-state index < -0.39 is 6.04 Å². The van der Waals surface area contributed by atoms with Gasteiger partial charge in [-0.2, -0.15) is 0 Å². The smallest absolute Gasteiger partial charge is 0.242 e. The van der Waals surface area contributed by atoms with Crippen molar-refractivity contribution in [2.75, 3.05) is 6.54 Å². The number of nitrogens with zero attached hydrogens (tertiary/aromatic N) is 1. The van der Waals surface area contributed by atoms with Gasteiger partial charge < -0.3 is 10.2 Å². The van der Waals surface area contributed by atoms with Gasteiger partial charge in [0.2, 0.25) is 11.8 Å². The molecule has 0 aromatic heterocycles. The number of rotatable bonds is 8. The van der Waals surface area contributed by atoms with E-state index in [0.717, 1.165) is 23.1 Å². The van der Waals surface area contributed by atoms with Crippen molar-refractivity contribution in [3.05, 3.63) is 70.2 Å². The molecule has 0 fully saturated rings. The molecule has 0 bridgehead atoms. The molecule has 2 aromatic carbocycles. The standard InChI is InChI=1S/C22H27ClN2O2/c1-4-12-24-22(27)17(3)25(15-19-7-5-6-16(2)13-19)21(26)14-18-8-10-20(23)11-9-18/h5-11,13,17H,4,12,14-15H2,1-3H3,(H,24,27). The van der Waals surface area contributed by atoms with Crippen LogP contribution < -0.4 is 5.32 Å². The van der Waals surface area contributed by atoms with Crippen LogP contribution in [0.4, 0.5) is 0 Å². The van der Waals surface area contributed by atoms with Gasteiger partial charge in [0, 0.05) is 18.1 Å². The van der Waals surface area contributed by atoms with Gasteiger partial charge in [0.05, 0.1) is 6.42 Å². The van der Waals surface area contributed by atoms with Crippen molar-refractivity contribution in [2.24, 2.45) is 0 Å². The third-order valence-electron chi connectivity index (χ3n) is 4.42. The number of nitrogens with one attached hydrogen (secondary N) is 1. The predicted molar refractivity (Wildman–Crippen MR) is 110 cm³/mol. The zero-order valence-corrected chi connectivity index (χ0v) is 16.9.